The number of carboxylic acid groups (broad SMARTS) is 1. The Hall–Kier alpha value is -2.37. The number of piperidine rings is 1. The third kappa shape index (κ3) is 4.42. The number of likely N-dealkylation sites (tertiary alicyclic amines) is 1. The molecule has 2 unspecified atom stereocenters. The van der Waals surface area contributed by atoms with E-state index in [1.54, 1.807) is 0 Å². The number of nitrogens with one attached hydrogen (secondary N) is 1. The lowest BCUT2D eigenvalue weighted by atomic mass is 9.73. The molecule has 0 radical (unpaired) electrons. The van der Waals surface area contributed by atoms with Crippen LogP contribution in [0.15, 0.2) is 30.3 Å². The number of hydrogen-bond donors (Lipinski definition) is 2. The van der Waals surface area contributed by atoms with E-state index in [0.717, 1.165) is 24.8 Å². The average Bonchev–Trinajstić information content (AvgIpc) is 2.59. The van der Waals surface area contributed by atoms with Gasteiger partial charge in [-0.3, -0.25) is 14.4 Å². The van der Waals surface area contributed by atoms with Crippen molar-refractivity contribution in [2.45, 2.75) is 44.6 Å². The number of rotatable bonds is 6. The molecule has 2 atom stereocenters. The van der Waals surface area contributed by atoms with E-state index < -0.39 is 17.8 Å². The number of aliphatic carboxylic acids is 1. The van der Waals surface area contributed by atoms with Crippen molar-refractivity contribution in [2.75, 3.05) is 13.1 Å². The molecule has 1 aliphatic heterocycles. The van der Waals surface area contributed by atoms with Crippen molar-refractivity contribution in [2.24, 2.45) is 11.8 Å². The third-order valence-corrected chi connectivity index (χ3v) is 5.59. The fourth-order valence-corrected chi connectivity index (χ4v) is 3.74. The molecule has 0 aromatic heterocycles. The lowest BCUT2D eigenvalue weighted by molar-refractivity contribution is -0.153. The summed E-state index contributed by atoms with van der Waals surface area (Å²) in [7, 11) is 0. The highest BCUT2D eigenvalue weighted by atomic mass is 16.4. The van der Waals surface area contributed by atoms with Crippen LogP contribution in [0.25, 0.3) is 0 Å². The molecule has 6 nitrogen and oxygen atoms in total. The normalized spacial score (nSPS) is 23.2. The van der Waals surface area contributed by atoms with Gasteiger partial charge in [0.1, 0.15) is 0 Å². The zero-order valence-corrected chi connectivity index (χ0v) is 14.9. The van der Waals surface area contributed by atoms with Crippen molar-refractivity contribution in [1.29, 1.82) is 0 Å². The van der Waals surface area contributed by atoms with Crippen LogP contribution in [0.2, 0.25) is 0 Å². The maximum atomic E-state index is 12.4. The first-order valence-electron chi connectivity index (χ1n) is 9.39. The summed E-state index contributed by atoms with van der Waals surface area (Å²) in [6.07, 6.45) is 3.94. The number of hydrogen-bond acceptors (Lipinski definition) is 3. The van der Waals surface area contributed by atoms with E-state index in [-0.39, 0.29) is 17.9 Å². The predicted molar refractivity (Wildman–Crippen MR) is 96.4 cm³/mol. The van der Waals surface area contributed by atoms with E-state index in [9.17, 15) is 14.4 Å². The third-order valence-electron chi connectivity index (χ3n) is 5.59. The monoisotopic (exact) mass is 358 g/mol. The van der Waals surface area contributed by atoms with Crippen molar-refractivity contribution in [3.8, 4) is 0 Å². The fourth-order valence-electron chi connectivity index (χ4n) is 3.74. The van der Waals surface area contributed by atoms with Gasteiger partial charge in [-0.15, -0.1) is 0 Å². The first-order chi connectivity index (χ1) is 12.5. The Balaban J connectivity index is 1.39. The predicted octanol–water partition coefficient (Wildman–Crippen LogP) is 1.84. The molecule has 1 heterocycles. The van der Waals surface area contributed by atoms with Crippen molar-refractivity contribution < 1.29 is 19.5 Å². The highest BCUT2D eigenvalue weighted by Gasteiger charge is 2.42. The first kappa shape index (κ1) is 18.4. The summed E-state index contributed by atoms with van der Waals surface area (Å²) in [5.74, 6) is -1.79. The van der Waals surface area contributed by atoms with Crippen LogP contribution >= 0.6 is 0 Å². The smallest absolute Gasteiger partial charge is 0.307 e. The lowest BCUT2D eigenvalue weighted by Gasteiger charge is -2.36. The maximum absolute atomic E-state index is 12.4. The topological polar surface area (TPSA) is 86.7 Å². The molecular weight excluding hydrogens is 332 g/mol. The summed E-state index contributed by atoms with van der Waals surface area (Å²) < 4.78 is 0. The van der Waals surface area contributed by atoms with Crippen LogP contribution in [0.3, 0.4) is 0 Å². The minimum absolute atomic E-state index is 0.0377. The largest absolute Gasteiger partial charge is 0.481 e. The molecule has 1 saturated heterocycles. The van der Waals surface area contributed by atoms with Crippen molar-refractivity contribution in [1.82, 2.24) is 10.2 Å². The summed E-state index contributed by atoms with van der Waals surface area (Å²) in [5, 5.41) is 12.0. The molecule has 140 valence electrons. The quantitative estimate of drug-likeness (QED) is 0.812. The van der Waals surface area contributed by atoms with E-state index >= 15 is 0 Å². The van der Waals surface area contributed by atoms with Gasteiger partial charge in [0.25, 0.3) is 0 Å². The Morgan fingerprint density at radius 1 is 1.00 bits per heavy atom. The average molecular weight is 358 g/mol. The molecule has 1 aromatic carbocycles. The number of carboxylic acids is 1. The van der Waals surface area contributed by atoms with Gasteiger partial charge in [-0.2, -0.15) is 0 Å². The van der Waals surface area contributed by atoms with Gasteiger partial charge in [-0.25, -0.2) is 0 Å². The van der Waals surface area contributed by atoms with Gasteiger partial charge in [-0.1, -0.05) is 30.3 Å². The van der Waals surface area contributed by atoms with Crippen molar-refractivity contribution >= 4 is 17.8 Å². The summed E-state index contributed by atoms with van der Waals surface area (Å²) in [4.78, 5) is 37.5. The zero-order valence-electron chi connectivity index (χ0n) is 14.9. The van der Waals surface area contributed by atoms with Gasteiger partial charge in [0.05, 0.1) is 11.8 Å². The number of carbonyl (C=O) groups is 3. The van der Waals surface area contributed by atoms with Crippen LogP contribution in [0.1, 0.15) is 37.7 Å². The highest BCUT2D eigenvalue weighted by Crippen LogP contribution is 2.34. The van der Waals surface area contributed by atoms with Crippen LogP contribution in [-0.4, -0.2) is 46.9 Å². The van der Waals surface area contributed by atoms with Crippen LogP contribution in [-0.2, 0) is 20.8 Å². The van der Waals surface area contributed by atoms with E-state index in [4.69, 9.17) is 5.11 Å². The molecule has 2 N–H and O–H groups in total. The molecule has 26 heavy (non-hydrogen) atoms. The van der Waals surface area contributed by atoms with E-state index in [2.05, 4.69) is 5.32 Å². The van der Waals surface area contributed by atoms with Crippen LogP contribution in [0.5, 0.6) is 0 Å². The zero-order chi connectivity index (χ0) is 18.5. The maximum Gasteiger partial charge on any atom is 0.307 e. The standard InChI is InChI=1S/C20H26N2O4/c23-18(9-6-14-4-2-1-3-5-14)22-12-10-15(11-13-22)21-19(24)16-7-8-17(16)20(25)26/h1-5,15-17H,6-13H2,(H,21,24)(H,25,26). The van der Waals surface area contributed by atoms with Crippen LogP contribution in [0.4, 0.5) is 0 Å². The second kappa shape index (κ2) is 8.34. The van der Waals surface area contributed by atoms with E-state index in [1.807, 2.05) is 35.2 Å². The van der Waals surface area contributed by atoms with Gasteiger partial charge < -0.3 is 15.3 Å². The van der Waals surface area contributed by atoms with Gasteiger partial charge in [0.15, 0.2) is 0 Å². The SMILES string of the molecule is O=C(O)C1CCC1C(=O)NC1CCN(C(=O)CCc2ccccc2)CC1. The Labute approximate surface area is 153 Å². The second-order valence-electron chi connectivity index (χ2n) is 7.28. The molecular formula is C20H26N2O4. The number of amides is 2. The Morgan fingerprint density at radius 2 is 1.65 bits per heavy atom. The summed E-state index contributed by atoms with van der Waals surface area (Å²) in [6, 6.07) is 10.0. The number of benzene rings is 1. The van der Waals surface area contributed by atoms with E-state index in [1.165, 1.54) is 0 Å². The Morgan fingerprint density at radius 3 is 2.23 bits per heavy atom. The molecule has 1 aromatic rings. The highest BCUT2D eigenvalue weighted by molar-refractivity contribution is 5.86. The minimum atomic E-state index is -0.879. The van der Waals surface area contributed by atoms with Crippen LogP contribution < -0.4 is 5.32 Å². The van der Waals surface area contributed by atoms with Crippen molar-refractivity contribution in [3.63, 3.8) is 0 Å². The molecule has 2 aliphatic rings. The minimum Gasteiger partial charge on any atom is -0.481 e. The Kier molecular flexibility index (Phi) is 5.91. The summed E-state index contributed by atoms with van der Waals surface area (Å²) >= 11 is 0. The molecule has 2 amide bonds. The molecule has 0 bridgehead atoms. The lowest BCUT2D eigenvalue weighted by Crippen LogP contribution is -2.51. The number of nitrogens with zero attached hydrogens (tertiary/aromatic N) is 1. The molecule has 2 fully saturated rings. The van der Waals surface area contributed by atoms with Gasteiger partial charge in [-0.05, 0) is 37.7 Å². The molecule has 6 heteroatoms. The molecule has 1 aliphatic carbocycles. The van der Waals surface area contributed by atoms with Crippen molar-refractivity contribution in [3.05, 3.63) is 35.9 Å². The number of carbonyl (C=O) groups excluding carboxylic acids is 2. The van der Waals surface area contributed by atoms with E-state index in [0.29, 0.717) is 32.4 Å². The molecule has 3 rings (SSSR count). The number of aryl methyl sites for hydroxylation is 1. The molecule has 0 spiro atoms. The fraction of sp³-hybridized carbons (Fsp3) is 0.550. The second-order valence-corrected chi connectivity index (χ2v) is 7.28. The van der Waals surface area contributed by atoms with Gasteiger partial charge in [0.2, 0.25) is 11.8 Å². The Bertz CT molecular complexity index is 653. The molecule has 1 saturated carbocycles. The van der Waals surface area contributed by atoms with Gasteiger partial charge >= 0.3 is 5.97 Å². The van der Waals surface area contributed by atoms with Crippen LogP contribution in [0, 0.1) is 11.8 Å². The summed E-state index contributed by atoms with van der Waals surface area (Å²) in [5.41, 5.74) is 1.16. The summed E-state index contributed by atoms with van der Waals surface area (Å²) in [6.45, 7) is 1.29. The van der Waals surface area contributed by atoms with Gasteiger partial charge in [0, 0.05) is 25.6 Å². The first-order valence-corrected chi connectivity index (χ1v) is 9.39.